The summed E-state index contributed by atoms with van der Waals surface area (Å²) in [5.74, 6) is 0. The first kappa shape index (κ1) is 22.1. The molecule has 3 atom stereocenters. The molecular formula is C24H31N5O3. The lowest BCUT2D eigenvalue weighted by Gasteiger charge is -2.40. The van der Waals surface area contributed by atoms with Gasteiger partial charge in [0, 0.05) is 54.7 Å². The Labute approximate surface area is 188 Å². The Bertz CT molecular complexity index is 906. The molecule has 2 amide bonds. The summed E-state index contributed by atoms with van der Waals surface area (Å²) in [5.41, 5.74) is 1.92. The number of para-hydroxylation sites is 1. The van der Waals surface area contributed by atoms with E-state index in [1.807, 2.05) is 42.5 Å². The fraction of sp³-hybridized carbons (Fsp3) is 0.458. The predicted molar refractivity (Wildman–Crippen MR) is 126 cm³/mol. The first-order chi connectivity index (χ1) is 15.6. The highest BCUT2D eigenvalue weighted by Crippen LogP contribution is 2.25. The molecular weight excluding hydrogens is 406 g/mol. The zero-order chi connectivity index (χ0) is 22.3. The molecule has 0 radical (unpaired) electrons. The van der Waals surface area contributed by atoms with Gasteiger partial charge in [-0.15, -0.1) is 0 Å². The number of carbonyl (C=O) groups excluding carboxylic acids is 1. The fourth-order valence-electron chi connectivity index (χ4n) is 4.80. The van der Waals surface area contributed by atoms with E-state index >= 15 is 0 Å². The van der Waals surface area contributed by atoms with Crippen LogP contribution in [-0.2, 0) is 0 Å². The van der Waals surface area contributed by atoms with Gasteiger partial charge in [-0.2, -0.15) is 0 Å². The summed E-state index contributed by atoms with van der Waals surface area (Å²) in [7, 11) is 0. The van der Waals surface area contributed by atoms with Crippen LogP contribution < -0.4 is 20.9 Å². The average molecular weight is 438 g/mol. The molecule has 2 aromatic rings. The van der Waals surface area contributed by atoms with E-state index in [0.717, 1.165) is 63.0 Å². The highest BCUT2D eigenvalue weighted by Gasteiger charge is 2.30. The number of rotatable bonds is 6. The quantitative estimate of drug-likeness (QED) is 0.463. The lowest BCUT2D eigenvalue weighted by Crippen LogP contribution is -2.57. The van der Waals surface area contributed by atoms with E-state index in [1.165, 1.54) is 0 Å². The van der Waals surface area contributed by atoms with Crippen LogP contribution in [0, 0.1) is 10.1 Å². The number of nitrogens with zero attached hydrogens (tertiary/aromatic N) is 2. The van der Waals surface area contributed by atoms with E-state index < -0.39 is 0 Å². The first-order valence-corrected chi connectivity index (χ1v) is 11.5. The number of nitro benzene ring substituents is 1. The minimum absolute atomic E-state index is 0.0993. The van der Waals surface area contributed by atoms with Crippen LogP contribution in [0.2, 0.25) is 0 Å². The zero-order valence-corrected chi connectivity index (χ0v) is 18.2. The van der Waals surface area contributed by atoms with Gasteiger partial charge in [-0.25, -0.2) is 4.79 Å². The number of hydrogen-bond acceptors (Lipinski definition) is 5. The molecule has 1 heterocycles. The summed E-state index contributed by atoms with van der Waals surface area (Å²) in [5, 5.41) is 20.8. The Morgan fingerprint density at radius 2 is 1.66 bits per heavy atom. The van der Waals surface area contributed by atoms with Crippen LogP contribution in [0.25, 0.3) is 0 Å². The van der Waals surface area contributed by atoms with Crippen LogP contribution in [0.5, 0.6) is 0 Å². The molecule has 4 rings (SSSR count). The highest BCUT2D eigenvalue weighted by molar-refractivity contribution is 5.89. The van der Waals surface area contributed by atoms with Crippen molar-refractivity contribution in [2.24, 2.45) is 0 Å². The van der Waals surface area contributed by atoms with Gasteiger partial charge in [-0.1, -0.05) is 31.0 Å². The molecule has 0 spiro atoms. The van der Waals surface area contributed by atoms with Crippen molar-refractivity contribution in [3.05, 3.63) is 64.7 Å². The van der Waals surface area contributed by atoms with Crippen molar-refractivity contribution in [1.82, 2.24) is 10.6 Å². The maximum absolute atomic E-state index is 12.5. The van der Waals surface area contributed by atoms with Crippen LogP contribution in [0.3, 0.4) is 0 Å². The number of non-ortho nitro benzene ring substituents is 1. The third-order valence-corrected chi connectivity index (χ3v) is 6.41. The second-order valence-corrected chi connectivity index (χ2v) is 8.69. The molecule has 2 aliphatic rings. The first-order valence-electron chi connectivity index (χ1n) is 11.5. The van der Waals surface area contributed by atoms with Gasteiger partial charge < -0.3 is 20.9 Å². The Hall–Kier alpha value is -3.13. The summed E-state index contributed by atoms with van der Waals surface area (Å²) in [4.78, 5) is 25.4. The average Bonchev–Trinajstić information content (AvgIpc) is 2.81. The predicted octanol–water partition coefficient (Wildman–Crippen LogP) is 4.29. The monoisotopic (exact) mass is 437 g/mol. The highest BCUT2D eigenvalue weighted by atomic mass is 16.6. The lowest BCUT2D eigenvalue weighted by molar-refractivity contribution is -0.384. The standard InChI is InChI=1S/C24H31N5O3/c30-24(26-18-7-2-1-3-8-18)27-23-11-5-4-10-22(23)25-19-9-6-16-28(17-19)20-12-14-21(15-13-20)29(31)32/h1-3,7-8,12-15,19,22-23,25H,4-6,9-11,16-17H2,(H2,26,27,30)/t19?,22-,23-/m1/s1. The number of hydrogen-bond donors (Lipinski definition) is 3. The van der Waals surface area contributed by atoms with Crippen molar-refractivity contribution in [3.8, 4) is 0 Å². The number of urea groups is 1. The molecule has 8 heteroatoms. The summed E-state index contributed by atoms with van der Waals surface area (Å²) in [6, 6.07) is 16.8. The number of nitrogens with one attached hydrogen (secondary N) is 3. The Balaban J connectivity index is 1.33. The molecule has 2 aromatic carbocycles. The molecule has 3 N–H and O–H groups in total. The molecule has 1 saturated carbocycles. The van der Waals surface area contributed by atoms with Crippen LogP contribution in [-0.4, -0.2) is 42.2 Å². The van der Waals surface area contributed by atoms with Crippen molar-refractivity contribution in [2.75, 3.05) is 23.3 Å². The lowest BCUT2D eigenvalue weighted by atomic mass is 9.89. The minimum Gasteiger partial charge on any atom is -0.370 e. The topological polar surface area (TPSA) is 99.5 Å². The van der Waals surface area contributed by atoms with Crippen molar-refractivity contribution >= 4 is 23.1 Å². The van der Waals surface area contributed by atoms with Crippen LogP contribution in [0.4, 0.5) is 21.9 Å². The van der Waals surface area contributed by atoms with Gasteiger partial charge in [0.2, 0.25) is 0 Å². The Morgan fingerprint density at radius 3 is 2.38 bits per heavy atom. The fourth-order valence-corrected chi connectivity index (χ4v) is 4.80. The van der Waals surface area contributed by atoms with Gasteiger partial charge in [0.05, 0.1) is 4.92 Å². The van der Waals surface area contributed by atoms with Gasteiger partial charge in [0.25, 0.3) is 5.69 Å². The summed E-state index contributed by atoms with van der Waals surface area (Å²) in [6.45, 7) is 1.80. The third kappa shape index (κ3) is 5.76. The molecule has 0 aromatic heterocycles. The summed E-state index contributed by atoms with van der Waals surface area (Å²) < 4.78 is 0. The minimum atomic E-state index is -0.367. The summed E-state index contributed by atoms with van der Waals surface area (Å²) >= 11 is 0. The van der Waals surface area contributed by atoms with E-state index in [9.17, 15) is 14.9 Å². The number of nitro groups is 1. The van der Waals surface area contributed by atoms with Gasteiger partial charge in [-0.3, -0.25) is 10.1 Å². The molecule has 1 unspecified atom stereocenters. The largest absolute Gasteiger partial charge is 0.370 e. The molecule has 1 aliphatic carbocycles. The molecule has 1 aliphatic heterocycles. The Morgan fingerprint density at radius 1 is 0.938 bits per heavy atom. The molecule has 2 fully saturated rings. The van der Waals surface area contributed by atoms with E-state index in [2.05, 4.69) is 20.9 Å². The van der Waals surface area contributed by atoms with E-state index in [0.29, 0.717) is 6.04 Å². The number of benzene rings is 2. The second kappa shape index (κ2) is 10.5. The number of amides is 2. The molecule has 0 bridgehead atoms. The smallest absolute Gasteiger partial charge is 0.319 e. The number of carbonyl (C=O) groups is 1. The van der Waals surface area contributed by atoms with E-state index in [4.69, 9.17) is 0 Å². The van der Waals surface area contributed by atoms with Crippen molar-refractivity contribution < 1.29 is 9.72 Å². The van der Waals surface area contributed by atoms with Gasteiger partial charge in [0.1, 0.15) is 0 Å². The Kier molecular flexibility index (Phi) is 7.21. The van der Waals surface area contributed by atoms with Gasteiger partial charge >= 0.3 is 6.03 Å². The van der Waals surface area contributed by atoms with Crippen LogP contribution in [0.1, 0.15) is 38.5 Å². The van der Waals surface area contributed by atoms with E-state index in [-0.39, 0.29) is 28.7 Å². The van der Waals surface area contributed by atoms with Crippen LogP contribution in [0.15, 0.2) is 54.6 Å². The zero-order valence-electron chi connectivity index (χ0n) is 18.2. The maximum Gasteiger partial charge on any atom is 0.319 e. The van der Waals surface area contributed by atoms with Crippen LogP contribution >= 0.6 is 0 Å². The van der Waals surface area contributed by atoms with E-state index in [1.54, 1.807) is 12.1 Å². The van der Waals surface area contributed by atoms with Crippen molar-refractivity contribution in [3.63, 3.8) is 0 Å². The molecule has 8 nitrogen and oxygen atoms in total. The van der Waals surface area contributed by atoms with Gasteiger partial charge in [0.15, 0.2) is 0 Å². The third-order valence-electron chi connectivity index (χ3n) is 6.41. The summed E-state index contributed by atoms with van der Waals surface area (Å²) in [6.07, 6.45) is 6.45. The maximum atomic E-state index is 12.5. The van der Waals surface area contributed by atoms with Crippen molar-refractivity contribution in [1.29, 1.82) is 0 Å². The van der Waals surface area contributed by atoms with Crippen molar-refractivity contribution in [2.45, 2.75) is 56.7 Å². The number of anilines is 2. The van der Waals surface area contributed by atoms with Gasteiger partial charge in [-0.05, 0) is 49.9 Å². The second-order valence-electron chi connectivity index (χ2n) is 8.69. The molecule has 170 valence electrons. The SMILES string of the molecule is O=C(Nc1ccccc1)N[C@@H]1CCCC[C@H]1NC1CCCN(c2ccc([N+](=O)[O-])cc2)C1. The molecule has 1 saturated heterocycles. The molecule has 32 heavy (non-hydrogen) atoms. The normalized spacial score (nSPS) is 23.4. The number of piperidine rings is 1.